The van der Waals surface area contributed by atoms with Crippen molar-refractivity contribution in [3.63, 3.8) is 0 Å². The molecule has 1 rings (SSSR count). The van der Waals surface area contributed by atoms with E-state index in [0.29, 0.717) is 13.2 Å². The lowest BCUT2D eigenvalue weighted by atomic mass is 9.86. The zero-order chi connectivity index (χ0) is 13.2. The van der Waals surface area contributed by atoms with Crippen molar-refractivity contribution in [2.24, 2.45) is 11.1 Å². The Bertz CT molecular complexity index is 275. The van der Waals surface area contributed by atoms with Crippen molar-refractivity contribution in [2.75, 3.05) is 19.8 Å². The van der Waals surface area contributed by atoms with E-state index in [1.807, 2.05) is 27.7 Å². The van der Waals surface area contributed by atoms with Gasteiger partial charge in [0, 0.05) is 6.54 Å². The van der Waals surface area contributed by atoms with Gasteiger partial charge in [-0.15, -0.1) is 0 Å². The monoisotopic (exact) mass is 244 g/mol. The quantitative estimate of drug-likeness (QED) is 0.715. The van der Waals surface area contributed by atoms with Crippen LogP contribution in [0.1, 0.15) is 27.7 Å². The van der Waals surface area contributed by atoms with Crippen molar-refractivity contribution in [1.29, 1.82) is 0 Å². The molecular formula is C12H24N2O3. The topological polar surface area (TPSA) is 75.8 Å². The molecular weight excluding hydrogens is 220 g/mol. The first-order valence-corrected chi connectivity index (χ1v) is 6.06. The highest BCUT2D eigenvalue weighted by atomic mass is 16.5. The first-order chi connectivity index (χ1) is 7.77. The zero-order valence-corrected chi connectivity index (χ0v) is 11.1. The van der Waals surface area contributed by atoms with Gasteiger partial charge in [0.1, 0.15) is 0 Å². The van der Waals surface area contributed by atoms with Gasteiger partial charge in [0.05, 0.1) is 31.4 Å². The van der Waals surface area contributed by atoms with Gasteiger partial charge in [-0.3, -0.25) is 4.79 Å². The van der Waals surface area contributed by atoms with E-state index in [4.69, 9.17) is 15.6 Å². The van der Waals surface area contributed by atoms with Crippen LogP contribution in [-0.4, -0.2) is 53.9 Å². The molecule has 1 saturated heterocycles. The predicted molar refractivity (Wildman–Crippen MR) is 65.4 cm³/mol. The number of aliphatic hydroxyl groups excluding tert-OH is 1. The summed E-state index contributed by atoms with van der Waals surface area (Å²) in [4.78, 5) is 14.0. The van der Waals surface area contributed by atoms with Gasteiger partial charge in [-0.2, -0.15) is 0 Å². The molecule has 5 heteroatoms. The van der Waals surface area contributed by atoms with Crippen molar-refractivity contribution in [1.82, 2.24) is 4.90 Å². The van der Waals surface area contributed by atoms with Crippen LogP contribution in [0.4, 0.5) is 0 Å². The summed E-state index contributed by atoms with van der Waals surface area (Å²) in [7, 11) is 0. The third-order valence-electron chi connectivity index (χ3n) is 3.19. The van der Waals surface area contributed by atoms with E-state index >= 15 is 0 Å². The third-order valence-corrected chi connectivity index (χ3v) is 3.19. The summed E-state index contributed by atoms with van der Waals surface area (Å²) >= 11 is 0. The van der Waals surface area contributed by atoms with Crippen LogP contribution in [0.5, 0.6) is 0 Å². The molecule has 1 aliphatic rings. The first kappa shape index (κ1) is 14.4. The number of hydrogen-bond acceptors (Lipinski definition) is 4. The molecule has 0 radical (unpaired) electrons. The Labute approximate surface area is 103 Å². The molecule has 2 unspecified atom stereocenters. The highest BCUT2D eigenvalue weighted by molar-refractivity contribution is 5.82. The highest BCUT2D eigenvalue weighted by Gasteiger charge is 2.36. The second kappa shape index (κ2) is 5.33. The largest absolute Gasteiger partial charge is 0.394 e. The molecule has 0 aromatic carbocycles. The van der Waals surface area contributed by atoms with Gasteiger partial charge >= 0.3 is 0 Å². The van der Waals surface area contributed by atoms with Crippen LogP contribution in [0.25, 0.3) is 0 Å². The molecule has 3 N–H and O–H groups in total. The van der Waals surface area contributed by atoms with Crippen LogP contribution in [0.15, 0.2) is 0 Å². The fourth-order valence-corrected chi connectivity index (χ4v) is 1.78. The van der Waals surface area contributed by atoms with Crippen molar-refractivity contribution in [3.05, 3.63) is 0 Å². The minimum absolute atomic E-state index is 0.0127. The Hall–Kier alpha value is -0.650. The zero-order valence-electron chi connectivity index (χ0n) is 11.1. The van der Waals surface area contributed by atoms with Crippen LogP contribution in [0, 0.1) is 5.41 Å². The summed E-state index contributed by atoms with van der Waals surface area (Å²) in [5.41, 5.74) is 5.72. The molecule has 3 atom stereocenters. The van der Waals surface area contributed by atoms with Gasteiger partial charge in [-0.05, 0) is 12.3 Å². The second-order valence-corrected chi connectivity index (χ2v) is 5.82. The van der Waals surface area contributed by atoms with Crippen molar-refractivity contribution >= 4 is 5.91 Å². The van der Waals surface area contributed by atoms with Gasteiger partial charge in [-0.1, -0.05) is 20.8 Å². The Morgan fingerprint density at radius 1 is 1.59 bits per heavy atom. The number of amides is 1. The molecule has 1 amide bonds. The first-order valence-electron chi connectivity index (χ1n) is 6.06. The van der Waals surface area contributed by atoms with Crippen molar-refractivity contribution in [3.8, 4) is 0 Å². The lowest BCUT2D eigenvalue weighted by molar-refractivity contribution is -0.149. The molecule has 0 aromatic heterocycles. The molecule has 17 heavy (non-hydrogen) atoms. The van der Waals surface area contributed by atoms with Crippen LogP contribution in [0.2, 0.25) is 0 Å². The third kappa shape index (κ3) is 3.40. The number of carbonyl (C=O) groups excluding carboxylic acids is 1. The number of carbonyl (C=O) groups is 1. The maximum Gasteiger partial charge on any atom is 0.240 e. The highest BCUT2D eigenvalue weighted by Crippen LogP contribution is 2.21. The van der Waals surface area contributed by atoms with Gasteiger partial charge in [0.2, 0.25) is 5.91 Å². The van der Waals surface area contributed by atoms with Gasteiger partial charge in [-0.25, -0.2) is 0 Å². The SMILES string of the molecule is CC1COC(CO)CN1C(=O)[C@H](N)C(C)(C)C. The summed E-state index contributed by atoms with van der Waals surface area (Å²) in [5, 5.41) is 9.08. The predicted octanol–water partition coefficient (Wildman–Crippen LogP) is -0.0320. The smallest absolute Gasteiger partial charge is 0.240 e. The van der Waals surface area contributed by atoms with E-state index in [2.05, 4.69) is 0 Å². The lowest BCUT2D eigenvalue weighted by Crippen LogP contribution is -2.58. The Morgan fingerprint density at radius 2 is 2.18 bits per heavy atom. The molecule has 100 valence electrons. The number of hydrogen-bond donors (Lipinski definition) is 2. The Morgan fingerprint density at radius 3 is 2.65 bits per heavy atom. The average Bonchev–Trinajstić information content (AvgIpc) is 2.26. The number of aliphatic hydroxyl groups is 1. The van der Waals surface area contributed by atoms with E-state index in [1.165, 1.54) is 0 Å². The Kier molecular flexibility index (Phi) is 4.52. The van der Waals surface area contributed by atoms with Crippen LogP contribution >= 0.6 is 0 Å². The number of rotatable bonds is 2. The van der Waals surface area contributed by atoms with Gasteiger partial charge < -0.3 is 20.5 Å². The van der Waals surface area contributed by atoms with E-state index in [-0.39, 0.29) is 30.1 Å². The molecule has 0 aromatic rings. The molecule has 0 spiro atoms. The van der Waals surface area contributed by atoms with Crippen LogP contribution < -0.4 is 5.73 Å². The maximum absolute atomic E-state index is 12.3. The summed E-state index contributed by atoms with van der Waals surface area (Å²) in [6, 6.07) is -0.513. The van der Waals surface area contributed by atoms with Crippen LogP contribution in [-0.2, 0) is 9.53 Å². The second-order valence-electron chi connectivity index (χ2n) is 5.82. The maximum atomic E-state index is 12.3. The summed E-state index contributed by atoms with van der Waals surface area (Å²) in [6.45, 7) is 8.58. The minimum atomic E-state index is -0.526. The van der Waals surface area contributed by atoms with Crippen LogP contribution in [0.3, 0.4) is 0 Å². The average molecular weight is 244 g/mol. The van der Waals surface area contributed by atoms with Crippen molar-refractivity contribution < 1.29 is 14.6 Å². The molecule has 0 aliphatic carbocycles. The van der Waals surface area contributed by atoms with E-state index < -0.39 is 6.04 Å². The standard InChI is InChI=1S/C12H24N2O3/c1-8-7-17-9(6-15)5-14(8)11(16)10(13)12(2,3)4/h8-10,15H,5-7,13H2,1-4H3/t8?,9?,10-/m0/s1. The fraction of sp³-hybridized carbons (Fsp3) is 0.917. The normalized spacial score (nSPS) is 28.0. The molecule has 0 saturated carbocycles. The molecule has 5 nitrogen and oxygen atoms in total. The number of ether oxygens (including phenoxy) is 1. The summed E-state index contributed by atoms with van der Waals surface area (Å²) in [5.74, 6) is -0.0632. The summed E-state index contributed by atoms with van der Waals surface area (Å²) in [6.07, 6.45) is -0.290. The fourth-order valence-electron chi connectivity index (χ4n) is 1.78. The van der Waals surface area contributed by atoms with Crippen molar-refractivity contribution in [2.45, 2.75) is 45.9 Å². The lowest BCUT2D eigenvalue weighted by Gasteiger charge is -2.40. The van der Waals surface area contributed by atoms with E-state index in [1.54, 1.807) is 4.90 Å². The molecule has 0 bridgehead atoms. The van der Waals surface area contributed by atoms with E-state index in [0.717, 1.165) is 0 Å². The molecule has 1 fully saturated rings. The summed E-state index contributed by atoms with van der Waals surface area (Å²) < 4.78 is 5.40. The number of morpholine rings is 1. The molecule has 1 aliphatic heterocycles. The van der Waals surface area contributed by atoms with E-state index in [9.17, 15) is 4.79 Å². The minimum Gasteiger partial charge on any atom is -0.394 e. The van der Waals surface area contributed by atoms with Gasteiger partial charge in [0.25, 0.3) is 0 Å². The number of nitrogens with zero attached hydrogens (tertiary/aromatic N) is 1. The molecule has 1 heterocycles. The number of nitrogens with two attached hydrogens (primary N) is 1. The Balaban J connectivity index is 2.73. The van der Waals surface area contributed by atoms with Gasteiger partial charge in [0.15, 0.2) is 0 Å².